The smallest absolute Gasteiger partial charge is 0.0642 e. The molecule has 4 heteroatoms. The van der Waals surface area contributed by atoms with E-state index < -0.39 is 0 Å². The number of hydrogen-bond acceptors (Lipinski definition) is 3. The predicted octanol–water partition coefficient (Wildman–Crippen LogP) is 2.58. The number of rotatable bonds is 7. The lowest BCUT2D eigenvalue weighted by Crippen LogP contribution is -2.28. The molecule has 0 aliphatic carbocycles. The van der Waals surface area contributed by atoms with Gasteiger partial charge in [-0.1, -0.05) is 23.7 Å². The second-order valence-electron chi connectivity index (χ2n) is 4.69. The van der Waals surface area contributed by atoms with E-state index in [1.807, 2.05) is 12.1 Å². The number of hydrogen-bond donors (Lipinski definition) is 1. The molecule has 2 N–H and O–H groups in total. The molecule has 0 amide bonds. The van der Waals surface area contributed by atoms with Crippen LogP contribution in [-0.4, -0.2) is 38.6 Å². The summed E-state index contributed by atoms with van der Waals surface area (Å²) in [5.41, 5.74) is 8.01. The van der Waals surface area contributed by atoms with Gasteiger partial charge >= 0.3 is 0 Å². The largest absolute Gasteiger partial charge is 0.370 e. The predicted molar refractivity (Wildman–Crippen MR) is 80.4 cm³/mol. The fraction of sp³-hybridized carbons (Fsp3) is 0.571. The fourth-order valence-corrected chi connectivity index (χ4v) is 2.40. The lowest BCUT2D eigenvalue weighted by Gasteiger charge is -2.27. The van der Waals surface area contributed by atoms with E-state index in [0.29, 0.717) is 6.54 Å². The first-order chi connectivity index (χ1) is 8.60. The molecule has 0 aliphatic rings. The van der Waals surface area contributed by atoms with Crippen LogP contribution in [0.1, 0.15) is 18.9 Å². The van der Waals surface area contributed by atoms with Crippen LogP contribution in [0.4, 0.5) is 5.69 Å². The first-order valence-electron chi connectivity index (χ1n) is 6.47. The summed E-state index contributed by atoms with van der Waals surface area (Å²) in [7, 11) is 4.19. The van der Waals surface area contributed by atoms with Gasteiger partial charge in [-0.25, -0.2) is 0 Å². The van der Waals surface area contributed by atoms with Crippen LogP contribution in [0.2, 0.25) is 5.02 Å². The van der Waals surface area contributed by atoms with Gasteiger partial charge in [-0.15, -0.1) is 0 Å². The molecule has 0 radical (unpaired) electrons. The van der Waals surface area contributed by atoms with Crippen molar-refractivity contribution in [1.82, 2.24) is 4.90 Å². The molecular weight excluding hydrogens is 246 g/mol. The quantitative estimate of drug-likeness (QED) is 0.826. The van der Waals surface area contributed by atoms with Crippen LogP contribution in [0.25, 0.3) is 0 Å². The Morgan fingerprint density at radius 2 is 1.94 bits per heavy atom. The molecule has 0 atom stereocenters. The second kappa shape index (κ2) is 7.62. The number of benzene rings is 1. The summed E-state index contributed by atoms with van der Waals surface area (Å²) in [6.07, 6.45) is 1.12. The maximum absolute atomic E-state index is 6.32. The molecule has 0 heterocycles. The van der Waals surface area contributed by atoms with Gasteiger partial charge in [-0.3, -0.25) is 0 Å². The van der Waals surface area contributed by atoms with Crippen molar-refractivity contribution in [2.24, 2.45) is 5.73 Å². The lowest BCUT2D eigenvalue weighted by atomic mass is 10.1. The average molecular weight is 270 g/mol. The van der Waals surface area contributed by atoms with Gasteiger partial charge in [0.1, 0.15) is 0 Å². The Labute approximate surface area is 116 Å². The summed E-state index contributed by atoms with van der Waals surface area (Å²) in [5.74, 6) is 0. The summed E-state index contributed by atoms with van der Waals surface area (Å²) in [4.78, 5) is 4.51. The van der Waals surface area contributed by atoms with E-state index in [1.54, 1.807) is 0 Å². The highest BCUT2D eigenvalue weighted by Gasteiger charge is 2.12. The van der Waals surface area contributed by atoms with Crippen LogP contribution in [0.15, 0.2) is 18.2 Å². The van der Waals surface area contributed by atoms with E-state index in [0.717, 1.165) is 42.3 Å². The van der Waals surface area contributed by atoms with Crippen LogP contribution in [0.5, 0.6) is 0 Å². The number of nitrogens with zero attached hydrogens (tertiary/aromatic N) is 2. The van der Waals surface area contributed by atoms with Gasteiger partial charge in [0, 0.05) is 19.6 Å². The first kappa shape index (κ1) is 15.3. The Kier molecular flexibility index (Phi) is 6.47. The van der Waals surface area contributed by atoms with Crippen molar-refractivity contribution in [3.8, 4) is 0 Å². The summed E-state index contributed by atoms with van der Waals surface area (Å²) in [6.45, 7) is 5.72. The minimum atomic E-state index is 0.528. The molecule has 0 aliphatic heterocycles. The number of anilines is 1. The van der Waals surface area contributed by atoms with Gasteiger partial charge in [-0.2, -0.15) is 0 Å². The third-order valence-corrected chi connectivity index (χ3v) is 3.33. The number of halogens is 1. The van der Waals surface area contributed by atoms with E-state index in [9.17, 15) is 0 Å². The molecule has 1 aromatic carbocycles. The summed E-state index contributed by atoms with van der Waals surface area (Å²) in [6, 6.07) is 5.95. The average Bonchev–Trinajstić information content (AvgIpc) is 2.34. The molecule has 1 rings (SSSR count). The van der Waals surface area contributed by atoms with Crippen LogP contribution in [0.3, 0.4) is 0 Å². The molecule has 18 heavy (non-hydrogen) atoms. The monoisotopic (exact) mass is 269 g/mol. The molecule has 102 valence electrons. The van der Waals surface area contributed by atoms with E-state index in [4.69, 9.17) is 17.3 Å². The molecule has 0 spiro atoms. The van der Waals surface area contributed by atoms with Crippen LogP contribution < -0.4 is 10.6 Å². The van der Waals surface area contributed by atoms with Gasteiger partial charge in [0.05, 0.1) is 10.7 Å². The first-order valence-corrected chi connectivity index (χ1v) is 6.85. The van der Waals surface area contributed by atoms with Gasteiger partial charge in [0.15, 0.2) is 0 Å². The zero-order chi connectivity index (χ0) is 13.5. The third kappa shape index (κ3) is 4.16. The highest BCUT2D eigenvalue weighted by atomic mass is 35.5. The maximum Gasteiger partial charge on any atom is 0.0642 e. The molecule has 0 bridgehead atoms. The molecule has 0 saturated heterocycles. The molecule has 0 fully saturated rings. The molecule has 1 aromatic rings. The van der Waals surface area contributed by atoms with Crippen molar-refractivity contribution in [3.05, 3.63) is 28.8 Å². The van der Waals surface area contributed by atoms with E-state index in [1.165, 1.54) is 0 Å². The standard InChI is InChI=1S/C14H24ClN3/c1-4-18(10-6-9-17(2)3)14-12(11-16)7-5-8-13(14)15/h5,7-8H,4,6,9-11,16H2,1-3H3. The zero-order valence-corrected chi connectivity index (χ0v) is 12.4. The minimum Gasteiger partial charge on any atom is -0.370 e. The Morgan fingerprint density at radius 1 is 1.22 bits per heavy atom. The number of para-hydroxylation sites is 1. The molecule has 3 nitrogen and oxygen atoms in total. The Hall–Kier alpha value is -0.770. The maximum atomic E-state index is 6.32. The highest BCUT2D eigenvalue weighted by Crippen LogP contribution is 2.29. The van der Waals surface area contributed by atoms with Crippen molar-refractivity contribution in [2.75, 3.05) is 38.6 Å². The van der Waals surface area contributed by atoms with E-state index in [-0.39, 0.29) is 0 Å². The molecule has 0 saturated carbocycles. The van der Waals surface area contributed by atoms with Crippen molar-refractivity contribution in [3.63, 3.8) is 0 Å². The third-order valence-electron chi connectivity index (χ3n) is 3.02. The van der Waals surface area contributed by atoms with Crippen molar-refractivity contribution in [2.45, 2.75) is 19.9 Å². The molecule has 0 aromatic heterocycles. The van der Waals surface area contributed by atoms with Crippen molar-refractivity contribution >= 4 is 17.3 Å². The molecular formula is C14H24ClN3. The highest BCUT2D eigenvalue weighted by molar-refractivity contribution is 6.33. The van der Waals surface area contributed by atoms with Crippen LogP contribution in [0, 0.1) is 0 Å². The Morgan fingerprint density at radius 3 is 2.50 bits per heavy atom. The second-order valence-corrected chi connectivity index (χ2v) is 5.10. The SMILES string of the molecule is CCN(CCCN(C)C)c1c(Cl)cccc1CN. The Bertz CT molecular complexity index is 366. The topological polar surface area (TPSA) is 32.5 Å². The minimum absolute atomic E-state index is 0.528. The molecule has 0 unspecified atom stereocenters. The van der Waals surface area contributed by atoms with Crippen molar-refractivity contribution < 1.29 is 0 Å². The van der Waals surface area contributed by atoms with Gasteiger partial charge in [-0.05, 0) is 45.6 Å². The summed E-state index contributed by atoms with van der Waals surface area (Å²) in [5, 5.41) is 0.796. The van der Waals surface area contributed by atoms with Crippen LogP contribution >= 0.6 is 11.6 Å². The lowest BCUT2D eigenvalue weighted by molar-refractivity contribution is 0.400. The van der Waals surface area contributed by atoms with Gasteiger partial charge in [0.25, 0.3) is 0 Å². The van der Waals surface area contributed by atoms with E-state index in [2.05, 4.69) is 36.9 Å². The van der Waals surface area contributed by atoms with Gasteiger partial charge in [0.2, 0.25) is 0 Å². The normalized spacial score (nSPS) is 11.0. The Balaban J connectivity index is 2.81. The van der Waals surface area contributed by atoms with Crippen LogP contribution in [-0.2, 0) is 6.54 Å². The fourth-order valence-electron chi connectivity index (χ4n) is 2.08. The number of nitrogens with two attached hydrogens (primary N) is 1. The zero-order valence-electron chi connectivity index (χ0n) is 11.6. The van der Waals surface area contributed by atoms with Crippen molar-refractivity contribution in [1.29, 1.82) is 0 Å². The van der Waals surface area contributed by atoms with Gasteiger partial charge < -0.3 is 15.5 Å². The summed E-state index contributed by atoms with van der Waals surface area (Å²) < 4.78 is 0. The van der Waals surface area contributed by atoms with E-state index >= 15 is 0 Å². The summed E-state index contributed by atoms with van der Waals surface area (Å²) >= 11 is 6.32.